The quantitative estimate of drug-likeness (QED) is 0.647. The predicted molar refractivity (Wildman–Crippen MR) is 74.5 cm³/mol. The molecule has 0 saturated heterocycles. The Morgan fingerprint density at radius 2 is 2.10 bits per heavy atom. The molecule has 2 aromatic rings. The lowest BCUT2D eigenvalue weighted by atomic mass is 10.2. The normalized spacial score (nSPS) is 11.3. The second-order valence-corrected chi connectivity index (χ2v) is 4.84. The summed E-state index contributed by atoms with van der Waals surface area (Å²) in [4.78, 5) is 0. The van der Waals surface area contributed by atoms with Gasteiger partial charge in [0.25, 0.3) is 6.43 Å². The molecule has 0 spiro atoms. The van der Waals surface area contributed by atoms with E-state index in [0.717, 1.165) is 0 Å². The highest BCUT2D eigenvalue weighted by atomic mass is 35.5. The number of benzene rings is 1. The fourth-order valence-electron chi connectivity index (χ4n) is 1.64. The highest BCUT2D eigenvalue weighted by Crippen LogP contribution is 2.34. The van der Waals surface area contributed by atoms with Gasteiger partial charge in [-0.1, -0.05) is 23.2 Å². The van der Waals surface area contributed by atoms with Gasteiger partial charge in [0.05, 0.1) is 23.2 Å². The first-order chi connectivity index (χ1) is 9.99. The molecule has 1 aromatic heterocycles. The Balaban J connectivity index is 2.17. The SMILES string of the molecule is Nc1cc(Cl)c(Cl)c(-c2nnnn2CCOCC(F)F)c1. The van der Waals surface area contributed by atoms with Crippen LogP contribution in [0.1, 0.15) is 0 Å². The van der Waals surface area contributed by atoms with Crippen LogP contribution in [-0.4, -0.2) is 39.8 Å². The molecule has 0 bridgehead atoms. The number of hydrogen-bond donors (Lipinski definition) is 1. The molecule has 0 unspecified atom stereocenters. The first kappa shape index (κ1) is 15.9. The summed E-state index contributed by atoms with van der Waals surface area (Å²) in [5, 5.41) is 11.7. The molecular weight excluding hydrogens is 327 g/mol. The first-order valence-corrected chi connectivity index (χ1v) is 6.61. The molecule has 0 aliphatic heterocycles. The van der Waals surface area contributed by atoms with Gasteiger partial charge in [-0.2, -0.15) is 0 Å². The van der Waals surface area contributed by atoms with E-state index in [9.17, 15) is 8.78 Å². The van der Waals surface area contributed by atoms with Crippen molar-refractivity contribution in [1.82, 2.24) is 20.2 Å². The third-order valence-electron chi connectivity index (χ3n) is 2.51. The molecule has 1 heterocycles. The van der Waals surface area contributed by atoms with Gasteiger partial charge in [0.15, 0.2) is 5.82 Å². The lowest BCUT2D eigenvalue weighted by Crippen LogP contribution is -2.12. The zero-order valence-corrected chi connectivity index (χ0v) is 12.2. The Morgan fingerprint density at radius 3 is 2.81 bits per heavy atom. The minimum Gasteiger partial charge on any atom is -0.399 e. The number of anilines is 1. The zero-order chi connectivity index (χ0) is 15.4. The highest BCUT2D eigenvalue weighted by Gasteiger charge is 2.15. The number of hydrogen-bond acceptors (Lipinski definition) is 5. The van der Waals surface area contributed by atoms with Crippen LogP contribution in [0.3, 0.4) is 0 Å². The lowest BCUT2D eigenvalue weighted by molar-refractivity contribution is 0.0140. The van der Waals surface area contributed by atoms with Crippen LogP contribution >= 0.6 is 23.2 Å². The molecule has 0 aliphatic carbocycles. The molecule has 2 rings (SSSR count). The number of rotatable bonds is 6. The fourth-order valence-corrected chi connectivity index (χ4v) is 2.07. The third-order valence-corrected chi connectivity index (χ3v) is 3.32. The molecule has 0 amide bonds. The van der Waals surface area contributed by atoms with Crippen molar-refractivity contribution in [3.05, 3.63) is 22.2 Å². The molecule has 0 atom stereocenters. The van der Waals surface area contributed by atoms with Gasteiger partial charge in [-0.15, -0.1) is 5.10 Å². The van der Waals surface area contributed by atoms with E-state index in [2.05, 4.69) is 15.5 Å². The number of nitrogens with zero attached hydrogens (tertiary/aromatic N) is 4. The molecule has 6 nitrogen and oxygen atoms in total. The Morgan fingerprint density at radius 1 is 1.33 bits per heavy atom. The summed E-state index contributed by atoms with van der Waals surface area (Å²) in [7, 11) is 0. The summed E-state index contributed by atoms with van der Waals surface area (Å²) in [5.41, 5.74) is 6.57. The van der Waals surface area contributed by atoms with E-state index in [4.69, 9.17) is 33.7 Å². The maximum atomic E-state index is 12.0. The zero-order valence-electron chi connectivity index (χ0n) is 10.6. The second kappa shape index (κ2) is 6.97. The van der Waals surface area contributed by atoms with Crippen LogP contribution in [-0.2, 0) is 11.3 Å². The van der Waals surface area contributed by atoms with Crippen molar-refractivity contribution in [1.29, 1.82) is 0 Å². The standard InChI is InChI=1S/C11H11Cl2F2N5O/c12-8-4-6(16)3-7(10(8)13)11-17-18-19-20(11)1-2-21-5-9(14)15/h3-4,9H,1-2,5,16H2. The van der Waals surface area contributed by atoms with Gasteiger partial charge in [-0.3, -0.25) is 0 Å². The van der Waals surface area contributed by atoms with Crippen LogP contribution in [0.5, 0.6) is 0 Å². The van der Waals surface area contributed by atoms with Crippen molar-refractivity contribution in [3.8, 4) is 11.4 Å². The number of tetrazole rings is 1. The Hall–Kier alpha value is -1.51. The molecule has 0 fully saturated rings. The van der Waals surface area contributed by atoms with Crippen molar-refractivity contribution in [2.75, 3.05) is 18.9 Å². The van der Waals surface area contributed by atoms with Crippen LogP contribution < -0.4 is 5.73 Å². The molecule has 114 valence electrons. The topological polar surface area (TPSA) is 78.9 Å². The molecule has 2 N–H and O–H groups in total. The minimum atomic E-state index is -2.51. The van der Waals surface area contributed by atoms with Crippen molar-refractivity contribution in [3.63, 3.8) is 0 Å². The highest BCUT2D eigenvalue weighted by molar-refractivity contribution is 6.43. The summed E-state index contributed by atoms with van der Waals surface area (Å²) in [6, 6.07) is 3.09. The summed E-state index contributed by atoms with van der Waals surface area (Å²) < 4.78 is 30.1. The first-order valence-electron chi connectivity index (χ1n) is 5.86. The summed E-state index contributed by atoms with van der Waals surface area (Å²) in [6.07, 6.45) is -2.51. The number of nitrogen functional groups attached to an aromatic ring is 1. The Labute approximate surface area is 128 Å². The van der Waals surface area contributed by atoms with E-state index in [1.807, 2.05) is 0 Å². The van der Waals surface area contributed by atoms with Crippen LogP contribution in [0.4, 0.5) is 14.5 Å². The van der Waals surface area contributed by atoms with Crippen LogP contribution in [0.25, 0.3) is 11.4 Å². The van der Waals surface area contributed by atoms with E-state index < -0.39 is 13.0 Å². The van der Waals surface area contributed by atoms with Gasteiger partial charge in [-0.25, -0.2) is 13.5 Å². The number of nitrogens with two attached hydrogens (primary N) is 1. The van der Waals surface area contributed by atoms with E-state index >= 15 is 0 Å². The van der Waals surface area contributed by atoms with E-state index in [1.54, 1.807) is 6.07 Å². The van der Waals surface area contributed by atoms with Crippen molar-refractivity contribution < 1.29 is 13.5 Å². The second-order valence-electron chi connectivity index (χ2n) is 4.06. The molecule has 0 radical (unpaired) electrons. The van der Waals surface area contributed by atoms with Crippen LogP contribution in [0.2, 0.25) is 10.0 Å². The molecule has 1 aromatic carbocycles. The molecule has 0 aliphatic rings. The van der Waals surface area contributed by atoms with Gasteiger partial charge < -0.3 is 10.5 Å². The Kier molecular flexibility index (Phi) is 5.27. The monoisotopic (exact) mass is 337 g/mol. The third kappa shape index (κ3) is 3.99. The lowest BCUT2D eigenvalue weighted by Gasteiger charge is -2.08. The number of ether oxygens (including phenoxy) is 1. The molecule has 10 heteroatoms. The average molecular weight is 338 g/mol. The number of halogens is 4. The molecule has 0 saturated carbocycles. The van der Waals surface area contributed by atoms with Crippen LogP contribution in [0.15, 0.2) is 12.1 Å². The van der Waals surface area contributed by atoms with Gasteiger partial charge in [-0.05, 0) is 22.6 Å². The van der Waals surface area contributed by atoms with Gasteiger partial charge in [0.1, 0.15) is 6.61 Å². The summed E-state index contributed by atoms with van der Waals surface area (Å²) in [5.74, 6) is 0.329. The number of aromatic nitrogens is 4. The van der Waals surface area contributed by atoms with Gasteiger partial charge >= 0.3 is 0 Å². The van der Waals surface area contributed by atoms with Gasteiger partial charge in [0, 0.05) is 11.3 Å². The van der Waals surface area contributed by atoms with Gasteiger partial charge in [0.2, 0.25) is 0 Å². The average Bonchev–Trinajstić information content (AvgIpc) is 2.87. The van der Waals surface area contributed by atoms with Crippen LogP contribution in [0, 0.1) is 0 Å². The molecule has 21 heavy (non-hydrogen) atoms. The smallest absolute Gasteiger partial charge is 0.261 e. The van der Waals surface area contributed by atoms with Crippen molar-refractivity contribution in [2.24, 2.45) is 0 Å². The summed E-state index contributed by atoms with van der Waals surface area (Å²) >= 11 is 12.1. The summed E-state index contributed by atoms with van der Waals surface area (Å²) in [6.45, 7) is -0.407. The predicted octanol–water partition coefficient (Wildman–Crippen LogP) is 2.51. The van der Waals surface area contributed by atoms with Crippen molar-refractivity contribution in [2.45, 2.75) is 13.0 Å². The maximum Gasteiger partial charge on any atom is 0.261 e. The minimum absolute atomic E-state index is 0.0377. The van der Waals surface area contributed by atoms with E-state index in [1.165, 1.54) is 10.7 Å². The van der Waals surface area contributed by atoms with E-state index in [-0.39, 0.29) is 23.2 Å². The largest absolute Gasteiger partial charge is 0.399 e. The van der Waals surface area contributed by atoms with Crippen molar-refractivity contribution >= 4 is 28.9 Å². The Bertz CT molecular complexity index is 623. The fraction of sp³-hybridized carbons (Fsp3) is 0.364. The number of alkyl halides is 2. The van der Waals surface area contributed by atoms with E-state index in [0.29, 0.717) is 17.1 Å². The molecular formula is C11H11Cl2F2N5O. The maximum absolute atomic E-state index is 12.0.